The van der Waals surface area contributed by atoms with Crippen molar-refractivity contribution in [1.29, 1.82) is 0 Å². The average molecular weight is 284 g/mol. The highest BCUT2D eigenvalue weighted by Crippen LogP contribution is 2.39. The van der Waals surface area contributed by atoms with Crippen molar-refractivity contribution in [3.8, 4) is 11.8 Å². The zero-order valence-electron chi connectivity index (χ0n) is 12.8. The predicted molar refractivity (Wildman–Crippen MR) is 83.5 cm³/mol. The fraction of sp³-hybridized carbons (Fsp3) is 0.611. The van der Waals surface area contributed by atoms with Gasteiger partial charge in [0.25, 0.3) is 0 Å². The molecular weight excluding hydrogens is 260 g/mol. The van der Waals surface area contributed by atoms with Gasteiger partial charge in [0.2, 0.25) is 0 Å². The molecule has 3 rings (SSSR count). The van der Waals surface area contributed by atoms with Gasteiger partial charge in [-0.3, -0.25) is 9.88 Å². The molecule has 0 unspecified atom stereocenters. The van der Waals surface area contributed by atoms with Crippen molar-refractivity contribution in [1.82, 2.24) is 9.88 Å². The molecule has 2 heterocycles. The molecule has 1 aliphatic heterocycles. The smallest absolute Gasteiger partial charge is 0.125 e. The summed E-state index contributed by atoms with van der Waals surface area (Å²) in [5.41, 5.74) is 0.493. The second-order valence-electron chi connectivity index (χ2n) is 6.49. The lowest BCUT2D eigenvalue weighted by atomic mass is 9.96. The van der Waals surface area contributed by atoms with Crippen LogP contribution in [0.5, 0.6) is 0 Å². The van der Waals surface area contributed by atoms with Crippen molar-refractivity contribution in [2.75, 3.05) is 13.1 Å². The van der Waals surface area contributed by atoms with E-state index in [4.69, 9.17) is 0 Å². The van der Waals surface area contributed by atoms with Gasteiger partial charge in [0.1, 0.15) is 5.60 Å². The van der Waals surface area contributed by atoms with Crippen molar-refractivity contribution < 1.29 is 5.11 Å². The first-order valence-corrected chi connectivity index (χ1v) is 8.03. The van der Waals surface area contributed by atoms with E-state index in [-0.39, 0.29) is 0 Å². The molecule has 1 N–H and O–H groups in total. The third-order valence-corrected chi connectivity index (χ3v) is 4.68. The number of piperidine rings is 1. The van der Waals surface area contributed by atoms with E-state index in [1.807, 2.05) is 25.4 Å². The number of hydrogen-bond donors (Lipinski definition) is 1. The molecule has 21 heavy (non-hydrogen) atoms. The molecule has 1 aliphatic carbocycles. The van der Waals surface area contributed by atoms with Crippen LogP contribution in [0.15, 0.2) is 24.5 Å². The molecule has 112 valence electrons. The van der Waals surface area contributed by atoms with E-state index < -0.39 is 5.60 Å². The average Bonchev–Trinajstić information content (AvgIpc) is 3.34. The Balaban J connectivity index is 1.66. The summed E-state index contributed by atoms with van der Waals surface area (Å²) in [6.07, 6.45) is 9.70. The van der Waals surface area contributed by atoms with Crippen LogP contribution in [-0.4, -0.2) is 33.7 Å². The number of likely N-dealkylation sites (tertiary alicyclic amines) is 1. The Kier molecular flexibility index (Phi) is 4.28. The van der Waals surface area contributed by atoms with E-state index >= 15 is 0 Å². The Morgan fingerprint density at radius 1 is 1.38 bits per heavy atom. The second-order valence-corrected chi connectivity index (χ2v) is 6.49. The Morgan fingerprint density at radius 2 is 2.24 bits per heavy atom. The minimum Gasteiger partial charge on any atom is -0.378 e. The van der Waals surface area contributed by atoms with Gasteiger partial charge >= 0.3 is 0 Å². The first-order valence-electron chi connectivity index (χ1n) is 8.03. The van der Waals surface area contributed by atoms with Gasteiger partial charge in [-0.15, -0.1) is 0 Å². The SMILES string of the molecule is C[C@@](O)(C#CCN1CCCC[C@H]1c1cccnc1)C1CC1. The van der Waals surface area contributed by atoms with Gasteiger partial charge in [-0.1, -0.05) is 24.3 Å². The normalized spacial score (nSPS) is 25.7. The van der Waals surface area contributed by atoms with E-state index in [0.717, 1.165) is 25.9 Å². The molecule has 0 radical (unpaired) electrons. The first kappa shape index (κ1) is 14.6. The van der Waals surface area contributed by atoms with Gasteiger partial charge in [0, 0.05) is 18.4 Å². The van der Waals surface area contributed by atoms with E-state index in [2.05, 4.69) is 27.8 Å². The molecule has 1 saturated carbocycles. The number of aliphatic hydroxyl groups is 1. The van der Waals surface area contributed by atoms with Gasteiger partial charge in [-0.25, -0.2) is 0 Å². The monoisotopic (exact) mass is 284 g/mol. The highest BCUT2D eigenvalue weighted by atomic mass is 16.3. The van der Waals surface area contributed by atoms with Crippen LogP contribution in [0.2, 0.25) is 0 Å². The first-order chi connectivity index (χ1) is 10.2. The molecule has 1 aromatic rings. The molecular formula is C18H24N2O. The van der Waals surface area contributed by atoms with E-state index in [9.17, 15) is 5.11 Å². The van der Waals surface area contributed by atoms with Gasteiger partial charge < -0.3 is 5.11 Å². The van der Waals surface area contributed by atoms with Crippen LogP contribution in [0.1, 0.15) is 50.6 Å². The highest BCUT2D eigenvalue weighted by Gasteiger charge is 2.38. The van der Waals surface area contributed by atoms with Gasteiger partial charge in [-0.2, -0.15) is 0 Å². The molecule has 2 fully saturated rings. The standard InChI is InChI=1S/C18H24N2O/c1-18(21,16-8-9-16)10-5-13-20-12-3-2-7-17(20)15-6-4-11-19-14-15/h4,6,11,14,16-17,21H,2-3,7-9,12-13H2,1H3/t17-,18+/m0/s1. The number of pyridine rings is 1. The maximum absolute atomic E-state index is 10.3. The molecule has 0 aromatic carbocycles. The van der Waals surface area contributed by atoms with Crippen LogP contribution >= 0.6 is 0 Å². The summed E-state index contributed by atoms with van der Waals surface area (Å²) in [5.74, 6) is 6.70. The van der Waals surface area contributed by atoms with Crippen LogP contribution < -0.4 is 0 Å². The molecule has 3 heteroatoms. The maximum atomic E-state index is 10.3. The number of rotatable bonds is 3. The molecule has 1 aromatic heterocycles. The third kappa shape index (κ3) is 3.64. The Labute approximate surface area is 127 Å². The second kappa shape index (κ2) is 6.17. The zero-order chi connectivity index (χ0) is 14.7. The van der Waals surface area contributed by atoms with Crippen molar-refractivity contribution in [2.45, 2.75) is 50.7 Å². The van der Waals surface area contributed by atoms with Crippen LogP contribution in [0.25, 0.3) is 0 Å². The van der Waals surface area contributed by atoms with Crippen LogP contribution in [0.3, 0.4) is 0 Å². The molecule has 0 bridgehead atoms. The summed E-state index contributed by atoms with van der Waals surface area (Å²) >= 11 is 0. The molecule has 2 atom stereocenters. The Hall–Kier alpha value is -1.37. The highest BCUT2D eigenvalue weighted by molar-refractivity contribution is 5.19. The lowest BCUT2D eigenvalue weighted by Crippen LogP contribution is -2.34. The quantitative estimate of drug-likeness (QED) is 0.867. The predicted octanol–water partition coefficient (Wildman–Crippen LogP) is 2.77. The van der Waals surface area contributed by atoms with E-state index in [1.54, 1.807) is 0 Å². The minimum atomic E-state index is -0.792. The van der Waals surface area contributed by atoms with Crippen LogP contribution in [-0.2, 0) is 0 Å². The van der Waals surface area contributed by atoms with Crippen molar-refractivity contribution >= 4 is 0 Å². The van der Waals surface area contributed by atoms with Crippen LogP contribution in [0.4, 0.5) is 0 Å². The fourth-order valence-electron chi connectivity index (χ4n) is 3.20. The molecule has 2 aliphatic rings. The topological polar surface area (TPSA) is 36.4 Å². The number of aromatic nitrogens is 1. The molecule has 0 amide bonds. The summed E-state index contributed by atoms with van der Waals surface area (Å²) < 4.78 is 0. The summed E-state index contributed by atoms with van der Waals surface area (Å²) in [6, 6.07) is 4.59. The Morgan fingerprint density at radius 3 is 2.95 bits per heavy atom. The van der Waals surface area contributed by atoms with Gasteiger partial charge in [0.05, 0.1) is 6.54 Å². The Bertz CT molecular complexity index is 525. The van der Waals surface area contributed by atoms with Gasteiger partial charge in [-0.05, 0) is 56.7 Å². The lowest BCUT2D eigenvalue weighted by Gasteiger charge is -2.34. The van der Waals surface area contributed by atoms with Crippen molar-refractivity contribution in [2.24, 2.45) is 5.92 Å². The summed E-state index contributed by atoms with van der Waals surface area (Å²) in [6.45, 7) is 3.68. The summed E-state index contributed by atoms with van der Waals surface area (Å²) in [7, 11) is 0. The zero-order valence-corrected chi connectivity index (χ0v) is 12.8. The largest absolute Gasteiger partial charge is 0.378 e. The van der Waals surface area contributed by atoms with Crippen molar-refractivity contribution in [3.63, 3.8) is 0 Å². The molecule has 1 saturated heterocycles. The number of nitrogens with zero attached hydrogens (tertiary/aromatic N) is 2. The minimum absolute atomic E-state index is 0.389. The van der Waals surface area contributed by atoms with Crippen LogP contribution in [0, 0.1) is 17.8 Å². The van der Waals surface area contributed by atoms with E-state index in [1.165, 1.54) is 24.8 Å². The summed E-state index contributed by atoms with van der Waals surface area (Å²) in [5, 5.41) is 10.3. The summed E-state index contributed by atoms with van der Waals surface area (Å²) in [4.78, 5) is 6.67. The third-order valence-electron chi connectivity index (χ3n) is 4.68. The fourth-order valence-corrected chi connectivity index (χ4v) is 3.20. The maximum Gasteiger partial charge on any atom is 0.125 e. The van der Waals surface area contributed by atoms with Gasteiger partial charge in [0.15, 0.2) is 0 Å². The van der Waals surface area contributed by atoms with E-state index in [0.29, 0.717) is 12.0 Å². The lowest BCUT2D eigenvalue weighted by molar-refractivity contribution is 0.0975. The number of hydrogen-bond acceptors (Lipinski definition) is 3. The molecule has 3 nitrogen and oxygen atoms in total. The van der Waals surface area contributed by atoms with Crippen molar-refractivity contribution in [3.05, 3.63) is 30.1 Å². The molecule has 0 spiro atoms.